The van der Waals surface area contributed by atoms with Crippen molar-refractivity contribution in [2.45, 2.75) is 37.1 Å². The van der Waals surface area contributed by atoms with Gasteiger partial charge in [0.05, 0.1) is 18.5 Å². The van der Waals surface area contributed by atoms with Crippen molar-refractivity contribution in [2.24, 2.45) is 0 Å². The zero-order valence-electron chi connectivity index (χ0n) is 13.1. The Labute approximate surface area is 142 Å². The summed E-state index contributed by atoms with van der Waals surface area (Å²) in [6.45, 7) is -0.568. The number of para-hydroxylation sites is 1. The van der Waals surface area contributed by atoms with E-state index in [1.54, 1.807) is 24.3 Å². The Morgan fingerprint density at radius 2 is 1.88 bits per heavy atom. The van der Waals surface area contributed by atoms with Crippen LogP contribution in [0, 0.1) is 0 Å². The molecule has 0 amide bonds. The van der Waals surface area contributed by atoms with Crippen LogP contribution in [0.25, 0.3) is 10.9 Å². The molecule has 5 N–H and O–H groups in total. The highest BCUT2D eigenvalue weighted by atomic mass is 16.8. The van der Waals surface area contributed by atoms with Crippen LogP contribution in [0.2, 0.25) is 0 Å². The molecule has 1 fully saturated rings. The second kappa shape index (κ2) is 6.98. The third kappa shape index (κ3) is 3.32. The van der Waals surface area contributed by atoms with Crippen molar-refractivity contribution in [1.82, 2.24) is 4.73 Å². The lowest BCUT2D eigenvalue weighted by Crippen LogP contribution is -2.61. The quantitative estimate of drug-likeness (QED) is 0.437. The van der Waals surface area contributed by atoms with Crippen LogP contribution < -0.4 is 4.84 Å². The zero-order valence-corrected chi connectivity index (χ0v) is 13.1. The molecule has 0 radical (unpaired) electrons. The van der Waals surface area contributed by atoms with Gasteiger partial charge in [0.25, 0.3) is 6.29 Å². The number of aliphatic carboxylic acids is 1. The molecule has 1 aromatic carbocycles. The summed E-state index contributed by atoms with van der Waals surface area (Å²) < 4.78 is 6.55. The molecule has 0 spiro atoms. The molecule has 1 saturated heterocycles. The molecule has 1 aliphatic rings. The summed E-state index contributed by atoms with van der Waals surface area (Å²) in [6.07, 6.45) is -5.80. The average molecular weight is 353 g/mol. The van der Waals surface area contributed by atoms with Gasteiger partial charge in [-0.1, -0.05) is 18.2 Å². The fourth-order valence-corrected chi connectivity index (χ4v) is 2.88. The van der Waals surface area contributed by atoms with Crippen molar-refractivity contribution in [3.8, 4) is 0 Å². The minimum absolute atomic E-state index is 0.217. The first-order valence-corrected chi connectivity index (χ1v) is 7.70. The largest absolute Gasteiger partial charge is 0.481 e. The molecular weight excluding hydrogens is 334 g/mol. The Kier molecular flexibility index (Phi) is 4.93. The Hall–Kier alpha value is -2.17. The first-order valence-electron chi connectivity index (χ1n) is 7.70. The normalized spacial score (nSPS) is 29.7. The third-order valence-corrected chi connectivity index (χ3v) is 4.17. The number of hydrogen-bond donors (Lipinski definition) is 5. The van der Waals surface area contributed by atoms with Gasteiger partial charge < -0.3 is 35.1 Å². The lowest BCUT2D eigenvalue weighted by atomic mass is 9.99. The van der Waals surface area contributed by atoms with Crippen LogP contribution in [0.1, 0.15) is 5.56 Å². The summed E-state index contributed by atoms with van der Waals surface area (Å²) in [5.41, 5.74) is 1.06. The van der Waals surface area contributed by atoms with Gasteiger partial charge in [-0.3, -0.25) is 4.79 Å². The second-order valence-electron chi connectivity index (χ2n) is 5.87. The molecule has 0 unspecified atom stereocenters. The van der Waals surface area contributed by atoms with Gasteiger partial charge in [0.2, 0.25) is 0 Å². The van der Waals surface area contributed by atoms with Crippen LogP contribution in [0.15, 0.2) is 30.5 Å². The van der Waals surface area contributed by atoms with E-state index < -0.39 is 43.3 Å². The van der Waals surface area contributed by atoms with Crippen molar-refractivity contribution < 1.29 is 39.9 Å². The molecule has 0 aliphatic carbocycles. The summed E-state index contributed by atoms with van der Waals surface area (Å²) >= 11 is 0. The lowest BCUT2D eigenvalue weighted by Gasteiger charge is -2.39. The number of benzene rings is 1. The number of aliphatic hydroxyl groups is 4. The number of aliphatic hydroxyl groups excluding tert-OH is 4. The molecule has 5 atom stereocenters. The Morgan fingerprint density at radius 3 is 2.56 bits per heavy atom. The van der Waals surface area contributed by atoms with Crippen molar-refractivity contribution in [3.63, 3.8) is 0 Å². The number of rotatable bonds is 5. The van der Waals surface area contributed by atoms with E-state index in [0.717, 1.165) is 0 Å². The minimum Gasteiger partial charge on any atom is -0.481 e. The van der Waals surface area contributed by atoms with Gasteiger partial charge in [0.1, 0.15) is 24.4 Å². The molecule has 0 saturated carbocycles. The Bertz CT molecular complexity index is 758. The van der Waals surface area contributed by atoms with E-state index in [1.807, 2.05) is 0 Å². The molecule has 2 heterocycles. The highest BCUT2D eigenvalue weighted by Gasteiger charge is 2.45. The topological polar surface area (TPSA) is 142 Å². The summed E-state index contributed by atoms with van der Waals surface area (Å²) in [5.74, 6) is -1.00. The molecule has 1 aromatic heterocycles. The van der Waals surface area contributed by atoms with Crippen LogP contribution in [0.4, 0.5) is 0 Å². The van der Waals surface area contributed by atoms with E-state index in [9.17, 15) is 25.2 Å². The van der Waals surface area contributed by atoms with E-state index in [2.05, 4.69) is 0 Å². The molecule has 25 heavy (non-hydrogen) atoms. The van der Waals surface area contributed by atoms with Crippen LogP contribution in [-0.4, -0.2) is 73.5 Å². The van der Waals surface area contributed by atoms with E-state index >= 15 is 0 Å². The van der Waals surface area contributed by atoms with Crippen molar-refractivity contribution in [3.05, 3.63) is 36.0 Å². The summed E-state index contributed by atoms with van der Waals surface area (Å²) in [5, 5.41) is 48.6. The fraction of sp³-hybridized carbons (Fsp3) is 0.438. The summed E-state index contributed by atoms with van der Waals surface area (Å²) in [7, 11) is 0. The first-order chi connectivity index (χ1) is 11.9. The van der Waals surface area contributed by atoms with E-state index in [-0.39, 0.29) is 6.42 Å². The van der Waals surface area contributed by atoms with Crippen LogP contribution in [-0.2, 0) is 16.0 Å². The number of hydrogen-bond acceptors (Lipinski definition) is 7. The van der Waals surface area contributed by atoms with Crippen molar-refractivity contribution >= 4 is 16.9 Å². The first kappa shape index (κ1) is 17.6. The molecule has 9 nitrogen and oxygen atoms in total. The fourth-order valence-electron chi connectivity index (χ4n) is 2.88. The van der Waals surface area contributed by atoms with Gasteiger partial charge in [-0.25, -0.2) is 0 Å². The molecule has 2 aromatic rings. The number of ether oxygens (including phenoxy) is 1. The van der Waals surface area contributed by atoms with Crippen LogP contribution in [0.3, 0.4) is 0 Å². The molecule has 1 aliphatic heterocycles. The molecule has 3 rings (SSSR count). The SMILES string of the molecule is O=C(O)Cc1cn(O[C@H]2O[C@H](CO)[C@@H](O)[C@H](O)[C@H]2O)c2ccccc12. The third-order valence-electron chi connectivity index (χ3n) is 4.17. The zero-order chi connectivity index (χ0) is 18.1. The van der Waals surface area contributed by atoms with Crippen molar-refractivity contribution in [2.75, 3.05) is 6.61 Å². The van der Waals surface area contributed by atoms with Gasteiger partial charge in [-0.15, -0.1) is 0 Å². The standard InChI is InChI=1S/C16H19NO8/c18-7-11-13(21)14(22)15(23)16(24-11)25-17-6-8(5-12(19)20)9-3-1-2-4-10(9)17/h1-4,6,11,13-16,18,21-23H,5,7H2,(H,19,20)/t11-,13-,14+,15-,16-/m1/s1. The minimum atomic E-state index is -1.56. The van der Waals surface area contributed by atoms with Crippen LogP contribution in [0.5, 0.6) is 0 Å². The number of carbonyl (C=O) groups is 1. The number of aromatic nitrogens is 1. The molecule has 136 valence electrons. The Balaban J connectivity index is 1.91. The lowest BCUT2D eigenvalue weighted by molar-refractivity contribution is -0.299. The van der Waals surface area contributed by atoms with Gasteiger partial charge >= 0.3 is 5.97 Å². The van der Waals surface area contributed by atoms with Gasteiger partial charge in [0, 0.05) is 11.6 Å². The monoisotopic (exact) mass is 353 g/mol. The number of carboxylic acids is 1. The Morgan fingerprint density at radius 1 is 1.16 bits per heavy atom. The number of fused-ring (bicyclic) bond motifs is 1. The average Bonchev–Trinajstić information content (AvgIpc) is 2.92. The molecule has 0 bridgehead atoms. The summed E-state index contributed by atoms with van der Waals surface area (Å²) in [6, 6.07) is 6.93. The van der Waals surface area contributed by atoms with E-state index in [0.29, 0.717) is 16.5 Å². The summed E-state index contributed by atoms with van der Waals surface area (Å²) in [4.78, 5) is 16.6. The van der Waals surface area contributed by atoms with Gasteiger partial charge in [-0.05, 0) is 11.6 Å². The number of nitrogens with zero attached hydrogens (tertiary/aromatic N) is 1. The predicted molar refractivity (Wildman–Crippen MR) is 83.6 cm³/mol. The molecular formula is C16H19NO8. The highest BCUT2D eigenvalue weighted by molar-refractivity contribution is 5.87. The van der Waals surface area contributed by atoms with Gasteiger partial charge in [0.15, 0.2) is 0 Å². The number of carboxylic acid groups (broad SMARTS) is 1. The van der Waals surface area contributed by atoms with E-state index in [1.165, 1.54) is 10.9 Å². The highest BCUT2D eigenvalue weighted by Crippen LogP contribution is 2.24. The maximum Gasteiger partial charge on any atom is 0.307 e. The molecule has 9 heteroatoms. The van der Waals surface area contributed by atoms with Crippen LogP contribution >= 0.6 is 0 Å². The maximum atomic E-state index is 11.0. The maximum absolute atomic E-state index is 11.0. The predicted octanol–water partition coefficient (Wildman–Crippen LogP) is -1.50. The van der Waals surface area contributed by atoms with Gasteiger partial charge in [-0.2, -0.15) is 4.73 Å². The smallest absolute Gasteiger partial charge is 0.307 e. The van der Waals surface area contributed by atoms with E-state index in [4.69, 9.17) is 14.7 Å². The second-order valence-corrected chi connectivity index (χ2v) is 5.87. The van der Waals surface area contributed by atoms with Crippen molar-refractivity contribution in [1.29, 1.82) is 0 Å².